The number of carbonyl (C=O) groups is 2. The predicted octanol–water partition coefficient (Wildman–Crippen LogP) is 7.53. The lowest BCUT2D eigenvalue weighted by Gasteiger charge is -2.24. The largest absolute Gasteiger partial charge is 0.466 e. The van der Waals surface area contributed by atoms with Crippen LogP contribution in [0.1, 0.15) is 80.3 Å². The van der Waals surface area contributed by atoms with Crippen LogP contribution in [-0.4, -0.2) is 29.2 Å². The molecule has 3 aromatic rings. The van der Waals surface area contributed by atoms with Crippen molar-refractivity contribution in [1.82, 2.24) is 4.57 Å². The standard InChI is InChI=1S/C30H32ClNO4/c1-30(2,3)36-29(34)19-10-12-24-25(16-19)32-17-21(28(33)35-4)14-20-15-22(31)11-13-23(20)27(32)26(24)18-8-6-5-7-9-18/h10-16,18H,5-9,17H2,1-4H3. The first kappa shape index (κ1) is 24.6. The van der Waals surface area contributed by atoms with E-state index in [1.807, 2.05) is 57.2 Å². The molecule has 0 spiro atoms. The number of methoxy groups -OCH3 is 1. The highest BCUT2D eigenvalue weighted by atomic mass is 35.5. The summed E-state index contributed by atoms with van der Waals surface area (Å²) in [5.41, 5.74) is 5.69. The minimum atomic E-state index is -0.589. The Morgan fingerprint density at radius 2 is 1.75 bits per heavy atom. The minimum Gasteiger partial charge on any atom is -0.466 e. The van der Waals surface area contributed by atoms with Crippen molar-refractivity contribution in [3.8, 4) is 11.3 Å². The first-order valence-corrected chi connectivity index (χ1v) is 13.0. The highest BCUT2D eigenvalue weighted by Crippen LogP contribution is 2.47. The summed E-state index contributed by atoms with van der Waals surface area (Å²) in [5.74, 6) is -0.324. The zero-order chi connectivity index (χ0) is 25.6. The number of carbonyl (C=O) groups excluding carboxylic acids is 2. The fraction of sp³-hybridized carbons (Fsp3) is 0.400. The van der Waals surface area contributed by atoms with Crippen LogP contribution in [0.2, 0.25) is 5.02 Å². The summed E-state index contributed by atoms with van der Waals surface area (Å²) < 4.78 is 13.0. The molecule has 0 bridgehead atoms. The minimum absolute atomic E-state index is 0.343. The monoisotopic (exact) mass is 505 g/mol. The molecule has 2 aliphatic rings. The summed E-state index contributed by atoms with van der Waals surface area (Å²) in [5, 5.41) is 1.74. The summed E-state index contributed by atoms with van der Waals surface area (Å²) in [4.78, 5) is 25.8. The van der Waals surface area contributed by atoms with Gasteiger partial charge in [0, 0.05) is 21.5 Å². The molecule has 2 heterocycles. The van der Waals surface area contributed by atoms with Gasteiger partial charge in [-0.3, -0.25) is 0 Å². The van der Waals surface area contributed by atoms with Gasteiger partial charge in [0.05, 0.1) is 30.5 Å². The zero-order valence-corrected chi connectivity index (χ0v) is 22.1. The van der Waals surface area contributed by atoms with Crippen LogP contribution in [0.15, 0.2) is 42.0 Å². The molecule has 6 heteroatoms. The number of nitrogens with zero attached hydrogens (tertiary/aromatic N) is 1. The Hall–Kier alpha value is -3.05. The van der Waals surface area contributed by atoms with Gasteiger partial charge < -0.3 is 14.0 Å². The van der Waals surface area contributed by atoms with Crippen LogP contribution in [0.5, 0.6) is 0 Å². The molecule has 36 heavy (non-hydrogen) atoms. The highest BCUT2D eigenvalue weighted by molar-refractivity contribution is 6.30. The van der Waals surface area contributed by atoms with Gasteiger partial charge in [0.15, 0.2) is 0 Å². The molecule has 2 aromatic carbocycles. The summed E-state index contributed by atoms with van der Waals surface area (Å²) in [6.45, 7) is 5.94. The van der Waals surface area contributed by atoms with Gasteiger partial charge in [-0.2, -0.15) is 0 Å². The normalized spacial score (nSPS) is 16.1. The maximum absolute atomic E-state index is 13.0. The maximum atomic E-state index is 13.0. The lowest BCUT2D eigenvalue weighted by atomic mass is 9.81. The number of hydrogen-bond donors (Lipinski definition) is 0. The van der Waals surface area contributed by atoms with Crippen LogP contribution in [0, 0.1) is 0 Å². The van der Waals surface area contributed by atoms with Gasteiger partial charge >= 0.3 is 11.9 Å². The Balaban J connectivity index is 1.79. The predicted molar refractivity (Wildman–Crippen MR) is 143 cm³/mol. The van der Waals surface area contributed by atoms with Gasteiger partial charge in [0.2, 0.25) is 0 Å². The van der Waals surface area contributed by atoms with Gasteiger partial charge in [0.1, 0.15) is 5.60 Å². The fourth-order valence-corrected chi connectivity index (χ4v) is 5.81. The van der Waals surface area contributed by atoms with E-state index in [2.05, 4.69) is 10.6 Å². The van der Waals surface area contributed by atoms with E-state index < -0.39 is 5.60 Å². The molecule has 5 nitrogen and oxygen atoms in total. The Labute approximate surface area is 217 Å². The topological polar surface area (TPSA) is 57.5 Å². The lowest BCUT2D eigenvalue weighted by molar-refractivity contribution is -0.136. The molecule has 1 saturated carbocycles. The van der Waals surface area contributed by atoms with E-state index in [0.717, 1.165) is 40.6 Å². The molecule has 0 saturated heterocycles. The lowest BCUT2D eigenvalue weighted by Crippen LogP contribution is -2.23. The zero-order valence-electron chi connectivity index (χ0n) is 21.3. The van der Waals surface area contributed by atoms with Crippen molar-refractivity contribution in [3.05, 3.63) is 63.7 Å². The number of benzene rings is 2. The Morgan fingerprint density at radius 1 is 1.00 bits per heavy atom. The summed E-state index contributed by atoms with van der Waals surface area (Å²) in [6.07, 6.45) is 7.79. The van der Waals surface area contributed by atoms with Crippen LogP contribution in [-0.2, 0) is 20.8 Å². The number of aromatic nitrogens is 1. The summed E-state index contributed by atoms with van der Waals surface area (Å²) in [6, 6.07) is 11.7. The number of esters is 2. The van der Waals surface area contributed by atoms with Crippen LogP contribution < -0.4 is 0 Å². The number of fused-ring (bicyclic) bond motifs is 5. The second kappa shape index (κ2) is 9.44. The number of ether oxygens (including phenoxy) is 2. The van der Waals surface area contributed by atoms with Crippen molar-refractivity contribution < 1.29 is 19.1 Å². The molecule has 0 atom stereocenters. The third kappa shape index (κ3) is 4.57. The van der Waals surface area contributed by atoms with E-state index in [1.54, 1.807) is 0 Å². The third-order valence-electron chi connectivity index (χ3n) is 7.13. The van der Waals surface area contributed by atoms with Gasteiger partial charge in [-0.05, 0) is 81.0 Å². The quantitative estimate of drug-likeness (QED) is 0.345. The molecule has 1 aliphatic carbocycles. The number of hydrogen-bond acceptors (Lipinski definition) is 4. The highest BCUT2D eigenvalue weighted by Gasteiger charge is 2.31. The molecular formula is C30H32ClNO4. The Morgan fingerprint density at radius 3 is 2.44 bits per heavy atom. The van der Waals surface area contributed by atoms with Crippen LogP contribution in [0.4, 0.5) is 0 Å². The molecule has 5 rings (SSSR count). The first-order chi connectivity index (χ1) is 17.2. The van der Waals surface area contributed by atoms with Gasteiger partial charge in [-0.1, -0.05) is 43.0 Å². The molecule has 0 amide bonds. The van der Waals surface area contributed by atoms with Crippen molar-refractivity contribution in [2.24, 2.45) is 0 Å². The van der Waals surface area contributed by atoms with E-state index >= 15 is 0 Å². The van der Waals surface area contributed by atoms with Crippen molar-refractivity contribution in [3.63, 3.8) is 0 Å². The van der Waals surface area contributed by atoms with Crippen molar-refractivity contribution in [2.45, 2.75) is 70.9 Å². The van der Waals surface area contributed by atoms with Crippen molar-refractivity contribution in [1.29, 1.82) is 0 Å². The second-order valence-corrected chi connectivity index (χ2v) is 11.2. The van der Waals surface area contributed by atoms with Crippen molar-refractivity contribution in [2.75, 3.05) is 7.11 Å². The van der Waals surface area contributed by atoms with Gasteiger partial charge in [-0.25, -0.2) is 9.59 Å². The van der Waals surface area contributed by atoms with Crippen LogP contribution >= 0.6 is 11.6 Å². The third-order valence-corrected chi connectivity index (χ3v) is 7.36. The fourth-order valence-electron chi connectivity index (χ4n) is 5.63. The molecule has 0 N–H and O–H groups in total. The number of rotatable bonds is 3. The van der Waals surface area contributed by atoms with E-state index in [9.17, 15) is 9.59 Å². The molecule has 188 valence electrons. The average Bonchev–Trinajstić information content (AvgIpc) is 3.05. The summed E-state index contributed by atoms with van der Waals surface area (Å²) in [7, 11) is 1.40. The molecule has 1 aliphatic heterocycles. The van der Waals surface area contributed by atoms with Crippen molar-refractivity contribution >= 4 is 40.5 Å². The van der Waals surface area contributed by atoms with E-state index in [4.69, 9.17) is 21.1 Å². The van der Waals surface area contributed by atoms with E-state index in [-0.39, 0.29) is 11.9 Å². The maximum Gasteiger partial charge on any atom is 0.338 e. The molecule has 1 fully saturated rings. The Kier molecular flexibility index (Phi) is 6.46. The van der Waals surface area contributed by atoms with Crippen LogP contribution in [0.25, 0.3) is 28.2 Å². The van der Waals surface area contributed by atoms with E-state index in [0.29, 0.717) is 28.6 Å². The smallest absolute Gasteiger partial charge is 0.338 e. The molecule has 1 aromatic heterocycles. The summed E-state index contributed by atoms with van der Waals surface area (Å²) >= 11 is 6.39. The van der Waals surface area contributed by atoms with E-state index in [1.165, 1.54) is 31.9 Å². The van der Waals surface area contributed by atoms with Gasteiger partial charge in [-0.15, -0.1) is 0 Å². The molecular weight excluding hydrogens is 474 g/mol. The first-order valence-electron chi connectivity index (χ1n) is 12.6. The average molecular weight is 506 g/mol. The molecule has 0 unspecified atom stereocenters. The van der Waals surface area contributed by atoms with Crippen LogP contribution in [0.3, 0.4) is 0 Å². The second-order valence-electron chi connectivity index (χ2n) is 10.8. The van der Waals surface area contributed by atoms with Gasteiger partial charge in [0.25, 0.3) is 0 Å². The Bertz CT molecular complexity index is 1390. The number of halogens is 1. The molecule has 0 radical (unpaired) electrons. The SMILES string of the molecule is COC(=O)C1=Cc2cc(Cl)ccc2-c2c(C3CCCCC3)c3ccc(C(=O)OC(C)(C)C)cc3n2C1.